The van der Waals surface area contributed by atoms with Crippen LogP contribution in [0.4, 0.5) is 0 Å². The number of ether oxygens (including phenoxy) is 1. The van der Waals surface area contributed by atoms with Gasteiger partial charge in [-0.1, -0.05) is 0 Å². The normalized spacial score (nSPS) is 18.4. The molecule has 5 nitrogen and oxygen atoms in total. The van der Waals surface area contributed by atoms with Crippen molar-refractivity contribution in [3.8, 4) is 0 Å². The van der Waals surface area contributed by atoms with Crippen LogP contribution in [0.1, 0.15) is 6.92 Å². The van der Waals surface area contributed by atoms with Crippen molar-refractivity contribution in [3.05, 3.63) is 0 Å². The number of carbonyl (C=O) groups excluding carboxylic acids is 1. The van der Waals surface area contributed by atoms with Crippen LogP contribution in [0.25, 0.3) is 0 Å². The molecule has 0 saturated heterocycles. The molecular formula is C7H14O5. The molecule has 0 aromatic rings. The fourth-order valence-electron chi connectivity index (χ4n) is 0.804. The Morgan fingerprint density at radius 3 is 2.25 bits per heavy atom. The van der Waals surface area contributed by atoms with Gasteiger partial charge >= 0.3 is 0 Å². The second-order valence-electron chi connectivity index (χ2n) is 2.51. The highest BCUT2D eigenvalue weighted by Crippen LogP contribution is 2.04. The minimum Gasteiger partial charge on any atom is -0.391 e. The Balaban J connectivity index is 4.23. The number of aliphatic hydroxyl groups excluding tert-OH is 3. The van der Waals surface area contributed by atoms with E-state index in [4.69, 9.17) is 10.2 Å². The Labute approximate surface area is 70.6 Å². The highest BCUT2D eigenvalue weighted by molar-refractivity contribution is 5.84. The fourth-order valence-corrected chi connectivity index (χ4v) is 0.804. The van der Waals surface area contributed by atoms with E-state index >= 15 is 0 Å². The molecule has 0 rings (SSSR count). The predicted octanol–water partition coefficient (Wildman–Crippen LogP) is -1.70. The second-order valence-corrected chi connectivity index (χ2v) is 2.51. The van der Waals surface area contributed by atoms with Gasteiger partial charge in [0.25, 0.3) is 0 Å². The number of methoxy groups -OCH3 is 1. The van der Waals surface area contributed by atoms with E-state index in [1.165, 1.54) is 14.0 Å². The summed E-state index contributed by atoms with van der Waals surface area (Å²) in [6, 6.07) is 0. The smallest absolute Gasteiger partial charge is 0.189 e. The second kappa shape index (κ2) is 5.21. The van der Waals surface area contributed by atoms with E-state index in [0.717, 1.165) is 0 Å². The number of Topliss-reactive ketones (excluding diaryl/α,β-unsaturated/α-hetero) is 1. The summed E-state index contributed by atoms with van der Waals surface area (Å²) in [5, 5.41) is 26.5. The van der Waals surface area contributed by atoms with Crippen LogP contribution in [0.5, 0.6) is 0 Å². The van der Waals surface area contributed by atoms with Crippen LogP contribution in [-0.4, -0.2) is 53.1 Å². The van der Waals surface area contributed by atoms with Gasteiger partial charge in [0.2, 0.25) is 0 Å². The topological polar surface area (TPSA) is 87.0 Å². The monoisotopic (exact) mass is 178 g/mol. The first-order chi connectivity index (χ1) is 5.54. The third kappa shape index (κ3) is 2.86. The van der Waals surface area contributed by atoms with Crippen molar-refractivity contribution in [3.63, 3.8) is 0 Å². The van der Waals surface area contributed by atoms with Gasteiger partial charge in [0, 0.05) is 7.11 Å². The van der Waals surface area contributed by atoms with Gasteiger partial charge < -0.3 is 20.1 Å². The number of carbonyl (C=O) groups is 1. The Morgan fingerprint density at radius 1 is 1.50 bits per heavy atom. The largest absolute Gasteiger partial charge is 0.391 e. The Morgan fingerprint density at radius 2 is 2.00 bits per heavy atom. The van der Waals surface area contributed by atoms with Gasteiger partial charge in [-0.3, -0.25) is 4.79 Å². The van der Waals surface area contributed by atoms with E-state index in [1.54, 1.807) is 0 Å². The third-order valence-corrected chi connectivity index (χ3v) is 1.53. The molecule has 3 N–H and O–H groups in total. The molecule has 0 radical (unpaired) electrons. The van der Waals surface area contributed by atoms with Crippen LogP contribution in [0.2, 0.25) is 0 Å². The maximum absolute atomic E-state index is 10.8. The van der Waals surface area contributed by atoms with Gasteiger partial charge in [-0.2, -0.15) is 0 Å². The van der Waals surface area contributed by atoms with E-state index in [1.807, 2.05) is 0 Å². The van der Waals surface area contributed by atoms with Crippen LogP contribution in [-0.2, 0) is 9.53 Å². The SMILES string of the molecule is CO[C@H](C(=O)CO)[C@@H](O)[C@@H](C)O. The van der Waals surface area contributed by atoms with E-state index in [0.29, 0.717) is 0 Å². The van der Waals surface area contributed by atoms with Gasteiger partial charge in [-0.15, -0.1) is 0 Å². The zero-order valence-electron chi connectivity index (χ0n) is 7.10. The summed E-state index contributed by atoms with van der Waals surface area (Å²) >= 11 is 0. The molecule has 0 aliphatic heterocycles. The van der Waals surface area contributed by atoms with Crippen molar-refractivity contribution < 1.29 is 24.9 Å². The standard InChI is InChI=1S/C7H14O5/c1-4(9)6(11)7(12-2)5(10)3-8/h4,6-9,11H,3H2,1-2H3/t4-,6+,7-/m1/s1. The van der Waals surface area contributed by atoms with E-state index < -0.39 is 30.7 Å². The van der Waals surface area contributed by atoms with Crippen molar-refractivity contribution in [2.45, 2.75) is 25.2 Å². The number of rotatable bonds is 5. The lowest BCUT2D eigenvalue weighted by atomic mass is 10.1. The molecule has 3 atom stereocenters. The van der Waals surface area contributed by atoms with E-state index in [9.17, 15) is 9.90 Å². The Kier molecular flexibility index (Phi) is 5.00. The van der Waals surface area contributed by atoms with Crippen molar-refractivity contribution in [1.82, 2.24) is 0 Å². The molecule has 5 heteroatoms. The van der Waals surface area contributed by atoms with Crippen molar-refractivity contribution >= 4 is 5.78 Å². The van der Waals surface area contributed by atoms with Gasteiger partial charge in [0.1, 0.15) is 18.8 Å². The Bertz CT molecular complexity index is 145. The molecule has 0 aliphatic rings. The first kappa shape index (κ1) is 11.5. The van der Waals surface area contributed by atoms with Crippen molar-refractivity contribution in [1.29, 1.82) is 0 Å². The minimum atomic E-state index is -1.30. The van der Waals surface area contributed by atoms with Crippen LogP contribution >= 0.6 is 0 Å². The van der Waals surface area contributed by atoms with Crippen LogP contribution in [0.3, 0.4) is 0 Å². The van der Waals surface area contributed by atoms with Gasteiger partial charge in [0.05, 0.1) is 6.10 Å². The molecule has 0 aliphatic carbocycles. The Hall–Kier alpha value is -0.490. The lowest BCUT2D eigenvalue weighted by Gasteiger charge is -2.21. The molecule has 0 heterocycles. The molecule has 0 spiro atoms. The zero-order valence-corrected chi connectivity index (χ0v) is 7.10. The summed E-state index contributed by atoms with van der Waals surface area (Å²) in [5.74, 6) is -0.647. The highest BCUT2D eigenvalue weighted by atomic mass is 16.5. The molecule has 0 bridgehead atoms. The number of hydrogen-bond acceptors (Lipinski definition) is 5. The van der Waals surface area contributed by atoms with Crippen LogP contribution < -0.4 is 0 Å². The van der Waals surface area contributed by atoms with Gasteiger partial charge in [-0.05, 0) is 6.92 Å². The lowest BCUT2D eigenvalue weighted by molar-refractivity contribution is -0.144. The van der Waals surface area contributed by atoms with Crippen LogP contribution in [0.15, 0.2) is 0 Å². The van der Waals surface area contributed by atoms with Gasteiger partial charge in [0.15, 0.2) is 5.78 Å². The highest BCUT2D eigenvalue weighted by Gasteiger charge is 2.28. The van der Waals surface area contributed by atoms with Gasteiger partial charge in [-0.25, -0.2) is 0 Å². The third-order valence-electron chi connectivity index (χ3n) is 1.53. The van der Waals surface area contributed by atoms with Crippen molar-refractivity contribution in [2.24, 2.45) is 0 Å². The first-order valence-corrected chi connectivity index (χ1v) is 3.57. The summed E-state index contributed by atoms with van der Waals surface area (Å²) in [7, 11) is 1.23. The average Bonchev–Trinajstić information content (AvgIpc) is 2.05. The minimum absolute atomic E-state index is 0.647. The molecule has 12 heavy (non-hydrogen) atoms. The summed E-state index contributed by atoms with van der Waals surface area (Å²) in [5.41, 5.74) is 0. The summed E-state index contributed by atoms with van der Waals surface area (Å²) in [6.07, 6.45) is -3.52. The number of aliphatic hydroxyl groups is 3. The molecule has 0 aromatic heterocycles. The average molecular weight is 178 g/mol. The predicted molar refractivity (Wildman–Crippen MR) is 40.6 cm³/mol. The van der Waals surface area contributed by atoms with Crippen LogP contribution in [0, 0.1) is 0 Å². The first-order valence-electron chi connectivity index (χ1n) is 3.57. The molecule has 0 unspecified atom stereocenters. The molecule has 0 aromatic carbocycles. The maximum atomic E-state index is 10.8. The van der Waals surface area contributed by atoms with E-state index in [-0.39, 0.29) is 0 Å². The molecular weight excluding hydrogens is 164 g/mol. The lowest BCUT2D eigenvalue weighted by Crippen LogP contribution is -2.43. The quantitative estimate of drug-likeness (QED) is 0.467. The molecule has 0 amide bonds. The maximum Gasteiger partial charge on any atom is 0.189 e. The fraction of sp³-hybridized carbons (Fsp3) is 0.857. The number of hydrogen-bond donors (Lipinski definition) is 3. The number of ketones is 1. The zero-order chi connectivity index (χ0) is 9.72. The summed E-state index contributed by atoms with van der Waals surface area (Å²) in [6.45, 7) is 0.629. The van der Waals surface area contributed by atoms with E-state index in [2.05, 4.69) is 4.74 Å². The summed E-state index contributed by atoms with van der Waals surface area (Å²) in [4.78, 5) is 10.8. The summed E-state index contributed by atoms with van der Waals surface area (Å²) < 4.78 is 4.61. The molecule has 0 fully saturated rings. The molecule has 72 valence electrons. The molecule has 0 saturated carbocycles. The van der Waals surface area contributed by atoms with Crippen molar-refractivity contribution in [2.75, 3.05) is 13.7 Å².